The van der Waals surface area contributed by atoms with Crippen LogP contribution in [0.25, 0.3) is 0 Å². The predicted octanol–water partition coefficient (Wildman–Crippen LogP) is 2.20. The van der Waals surface area contributed by atoms with E-state index >= 15 is 0 Å². The Morgan fingerprint density at radius 1 is 1.26 bits per heavy atom. The molecule has 0 heterocycles. The van der Waals surface area contributed by atoms with Crippen LogP contribution in [0, 0.1) is 0 Å². The fourth-order valence-electron chi connectivity index (χ4n) is 1.48. The van der Waals surface area contributed by atoms with Crippen LogP contribution in [0.2, 0.25) is 0 Å². The third-order valence-electron chi connectivity index (χ3n) is 2.35. The van der Waals surface area contributed by atoms with Gasteiger partial charge in [-0.05, 0) is 27.2 Å². The van der Waals surface area contributed by atoms with E-state index in [0.29, 0.717) is 18.9 Å². The van der Waals surface area contributed by atoms with Gasteiger partial charge in [-0.25, -0.2) is 0 Å². The van der Waals surface area contributed by atoms with E-state index in [-0.39, 0.29) is 5.97 Å². The standard InChI is InChI=1S/C14H29N3O2/c1-5-6-7-8-10-16-13(15)17-11-9-12(18)19-14(2,3)4/h5-11H2,1-4H3,(H3,15,16,17). The number of hydrogen-bond donors (Lipinski definition) is 2. The molecule has 0 spiro atoms. The molecule has 0 atom stereocenters. The fourth-order valence-corrected chi connectivity index (χ4v) is 1.48. The Morgan fingerprint density at radius 2 is 1.95 bits per heavy atom. The summed E-state index contributed by atoms with van der Waals surface area (Å²) >= 11 is 0. The lowest BCUT2D eigenvalue weighted by Crippen LogP contribution is -2.34. The zero-order valence-electron chi connectivity index (χ0n) is 12.8. The average molecular weight is 271 g/mol. The van der Waals surface area contributed by atoms with Crippen LogP contribution in [0.4, 0.5) is 0 Å². The zero-order chi connectivity index (χ0) is 14.7. The Labute approximate surface area is 117 Å². The van der Waals surface area contributed by atoms with Gasteiger partial charge in [0.05, 0.1) is 6.42 Å². The van der Waals surface area contributed by atoms with E-state index in [0.717, 1.165) is 13.0 Å². The van der Waals surface area contributed by atoms with Crippen LogP contribution in [-0.4, -0.2) is 30.6 Å². The van der Waals surface area contributed by atoms with E-state index in [1.54, 1.807) is 0 Å². The van der Waals surface area contributed by atoms with E-state index in [1.165, 1.54) is 19.3 Å². The molecule has 0 aromatic rings. The first-order chi connectivity index (χ1) is 8.85. The predicted molar refractivity (Wildman–Crippen MR) is 79.1 cm³/mol. The lowest BCUT2D eigenvalue weighted by molar-refractivity contribution is -0.154. The molecule has 0 aromatic heterocycles. The van der Waals surface area contributed by atoms with Gasteiger partial charge in [-0.3, -0.25) is 9.79 Å². The molecule has 5 heteroatoms. The second kappa shape index (κ2) is 9.64. The summed E-state index contributed by atoms with van der Waals surface area (Å²) in [6.45, 7) is 8.93. The molecular formula is C14H29N3O2. The Kier molecular flexibility index (Phi) is 9.00. The van der Waals surface area contributed by atoms with Crippen LogP contribution < -0.4 is 11.1 Å². The van der Waals surface area contributed by atoms with Crippen molar-refractivity contribution in [1.82, 2.24) is 5.32 Å². The summed E-state index contributed by atoms with van der Waals surface area (Å²) in [5, 5.41) is 2.92. The van der Waals surface area contributed by atoms with E-state index in [9.17, 15) is 4.79 Å². The van der Waals surface area contributed by atoms with Crippen molar-refractivity contribution in [2.75, 3.05) is 13.1 Å². The van der Waals surface area contributed by atoms with Crippen molar-refractivity contribution < 1.29 is 9.53 Å². The molecule has 112 valence electrons. The van der Waals surface area contributed by atoms with Crippen LogP contribution in [0.5, 0.6) is 0 Å². The lowest BCUT2D eigenvalue weighted by atomic mass is 10.2. The Bertz CT molecular complexity index is 283. The quantitative estimate of drug-likeness (QED) is 0.307. The number of hydrogen-bond acceptors (Lipinski definition) is 3. The molecule has 0 aromatic carbocycles. The Morgan fingerprint density at radius 3 is 2.53 bits per heavy atom. The summed E-state index contributed by atoms with van der Waals surface area (Å²) in [4.78, 5) is 15.6. The van der Waals surface area contributed by atoms with Gasteiger partial charge in [0, 0.05) is 13.1 Å². The number of nitrogens with two attached hydrogens (primary N) is 1. The summed E-state index contributed by atoms with van der Waals surface area (Å²) < 4.78 is 5.19. The van der Waals surface area contributed by atoms with Crippen molar-refractivity contribution in [1.29, 1.82) is 0 Å². The average Bonchev–Trinajstić information content (AvgIpc) is 2.26. The van der Waals surface area contributed by atoms with Crippen LogP contribution >= 0.6 is 0 Å². The molecule has 0 fully saturated rings. The highest BCUT2D eigenvalue weighted by Crippen LogP contribution is 2.07. The second-order valence-electron chi connectivity index (χ2n) is 5.59. The van der Waals surface area contributed by atoms with Gasteiger partial charge in [-0.15, -0.1) is 0 Å². The van der Waals surface area contributed by atoms with Crippen LogP contribution in [0.3, 0.4) is 0 Å². The van der Waals surface area contributed by atoms with Crippen LogP contribution in [-0.2, 0) is 9.53 Å². The molecule has 0 saturated heterocycles. The van der Waals surface area contributed by atoms with Gasteiger partial charge in [0.25, 0.3) is 0 Å². The molecule has 0 rings (SSSR count). The maximum atomic E-state index is 11.4. The molecule has 0 aliphatic carbocycles. The van der Waals surface area contributed by atoms with Gasteiger partial charge < -0.3 is 15.8 Å². The first-order valence-electron chi connectivity index (χ1n) is 7.11. The Hall–Kier alpha value is -1.26. The van der Waals surface area contributed by atoms with Crippen molar-refractivity contribution in [3.63, 3.8) is 0 Å². The number of nitrogens with one attached hydrogen (secondary N) is 1. The fraction of sp³-hybridized carbons (Fsp3) is 0.857. The van der Waals surface area contributed by atoms with Crippen molar-refractivity contribution >= 4 is 11.9 Å². The maximum absolute atomic E-state index is 11.4. The van der Waals surface area contributed by atoms with Gasteiger partial charge in [-0.1, -0.05) is 26.2 Å². The zero-order valence-corrected chi connectivity index (χ0v) is 12.8. The molecule has 0 radical (unpaired) electrons. The number of nitrogens with zero attached hydrogens (tertiary/aromatic N) is 1. The van der Waals surface area contributed by atoms with Gasteiger partial charge >= 0.3 is 5.97 Å². The number of ether oxygens (including phenoxy) is 1. The first-order valence-corrected chi connectivity index (χ1v) is 7.11. The summed E-state index contributed by atoms with van der Waals surface area (Å²) in [6, 6.07) is 0. The van der Waals surface area contributed by atoms with Gasteiger partial charge in [-0.2, -0.15) is 0 Å². The van der Waals surface area contributed by atoms with E-state index in [2.05, 4.69) is 17.2 Å². The van der Waals surface area contributed by atoms with Crippen LogP contribution in [0.1, 0.15) is 59.8 Å². The van der Waals surface area contributed by atoms with Gasteiger partial charge in [0.15, 0.2) is 5.96 Å². The minimum Gasteiger partial charge on any atom is -0.460 e. The molecule has 0 aliphatic heterocycles. The van der Waals surface area contributed by atoms with E-state index in [1.807, 2.05) is 20.8 Å². The molecule has 0 amide bonds. The third kappa shape index (κ3) is 13.0. The van der Waals surface area contributed by atoms with Crippen molar-refractivity contribution in [3.05, 3.63) is 0 Å². The highest BCUT2D eigenvalue weighted by atomic mass is 16.6. The number of rotatable bonds is 8. The molecule has 3 N–H and O–H groups in total. The molecular weight excluding hydrogens is 242 g/mol. The van der Waals surface area contributed by atoms with E-state index in [4.69, 9.17) is 10.5 Å². The number of carbonyl (C=O) groups excluding carboxylic acids is 1. The summed E-state index contributed by atoms with van der Waals surface area (Å²) in [5.41, 5.74) is 5.25. The smallest absolute Gasteiger partial charge is 0.308 e. The van der Waals surface area contributed by atoms with Gasteiger partial charge in [0.1, 0.15) is 5.60 Å². The molecule has 0 bridgehead atoms. The number of esters is 1. The van der Waals surface area contributed by atoms with Crippen LogP contribution in [0.15, 0.2) is 4.99 Å². The highest BCUT2D eigenvalue weighted by molar-refractivity contribution is 5.78. The SMILES string of the molecule is CCCCCCN=C(N)NCCC(=O)OC(C)(C)C. The lowest BCUT2D eigenvalue weighted by Gasteiger charge is -2.19. The number of aliphatic imine (C=N–C) groups is 1. The normalized spacial score (nSPS) is 12.3. The van der Waals surface area contributed by atoms with E-state index < -0.39 is 5.60 Å². The molecule has 0 unspecified atom stereocenters. The van der Waals surface area contributed by atoms with Crippen molar-refractivity contribution in [3.8, 4) is 0 Å². The number of guanidine groups is 1. The summed E-state index contributed by atoms with van der Waals surface area (Å²) in [7, 11) is 0. The number of carbonyl (C=O) groups is 1. The first kappa shape index (κ1) is 17.7. The molecule has 0 aliphatic rings. The van der Waals surface area contributed by atoms with Crippen molar-refractivity contribution in [2.24, 2.45) is 10.7 Å². The summed E-state index contributed by atoms with van der Waals surface area (Å²) in [6.07, 6.45) is 4.99. The summed E-state index contributed by atoms with van der Waals surface area (Å²) in [5.74, 6) is 0.177. The third-order valence-corrected chi connectivity index (χ3v) is 2.35. The molecule has 0 saturated carbocycles. The minimum absolute atomic E-state index is 0.226. The van der Waals surface area contributed by atoms with Gasteiger partial charge in [0.2, 0.25) is 0 Å². The second-order valence-corrected chi connectivity index (χ2v) is 5.59. The monoisotopic (exact) mass is 271 g/mol. The maximum Gasteiger partial charge on any atom is 0.308 e. The van der Waals surface area contributed by atoms with Crippen molar-refractivity contribution in [2.45, 2.75) is 65.4 Å². The molecule has 5 nitrogen and oxygen atoms in total. The number of unbranched alkanes of at least 4 members (excludes halogenated alkanes) is 3. The largest absolute Gasteiger partial charge is 0.460 e. The Balaban J connectivity index is 3.64. The minimum atomic E-state index is -0.435. The topological polar surface area (TPSA) is 76.7 Å². The molecule has 19 heavy (non-hydrogen) atoms. The highest BCUT2D eigenvalue weighted by Gasteiger charge is 2.15.